The first kappa shape index (κ1) is 14.8. The zero-order valence-electron chi connectivity index (χ0n) is 10.9. The van der Waals surface area contributed by atoms with Crippen LogP contribution in [-0.4, -0.2) is 34.0 Å². The second-order valence-corrected chi connectivity index (χ2v) is 5.97. The molecule has 0 aliphatic carbocycles. The Labute approximate surface area is 120 Å². The predicted octanol–water partition coefficient (Wildman–Crippen LogP) is 1.83. The molecular formula is C14H16FNO3S. The lowest BCUT2D eigenvalue weighted by Gasteiger charge is -2.24. The van der Waals surface area contributed by atoms with Crippen molar-refractivity contribution in [1.82, 2.24) is 5.32 Å². The summed E-state index contributed by atoms with van der Waals surface area (Å²) in [5.74, 6) is -0.419. The summed E-state index contributed by atoms with van der Waals surface area (Å²) in [6.07, 6.45) is 1.12. The molecule has 0 radical (unpaired) electrons. The van der Waals surface area contributed by atoms with Crippen molar-refractivity contribution in [3.63, 3.8) is 0 Å². The first-order valence-corrected chi connectivity index (χ1v) is 7.54. The van der Waals surface area contributed by atoms with E-state index in [0.717, 1.165) is 11.3 Å². The van der Waals surface area contributed by atoms with Crippen molar-refractivity contribution >= 4 is 23.6 Å². The monoisotopic (exact) mass is 297 g/mol. The molecule has 2 rings (SSSR count). The van der Waals surface area contributed by atoms with Crippen LogP contribution in [-0.2, 0) is 16.0 Å². The molecule has 1 aromatic rings. The molecule has 0 aromatic heterocycles. The van der Waals surface area contributed by atoms with Crippen LogP contribution >= 0.6 is 11.8 Å². The molecule has 108 valence electrons. The molecule has 1 saturated heterocycles. The molecule has 0 bridgehead atoms. The minimum Gasteiger partial charge on any atom is -0.479 e. The van der Waals surface area contributed by atoms with Crippen LogP contribution in [0.5, 0.6) is 0 Å². The van der Waals surface area contributed by atoms with Gasteiger partial charge in [-0.15, -0.1) is 0 Å². The summed E-state index contributed by atoms with van der Waals surface area (Å²) in [5, 5.41) is 11.9. The van der Waals surface area contributed by atoms with Crippen LogP contribution in [0.2, 0.25) is 0 Å². The van der Waals surface area contributed by atoms with Gasteiger partial charge < -0.3 is 10.4 Å². The number of halogens is 1. The lowest BCUT2D eigenvalue weighted by Crippen LogP contribution is -2.54. The van der Waals surface area contributed by atoms with Gasteiger partial charge in [-0.1, -0.05) is 12.1 Å². The highest BCUT2D eigenvalue weighted by molar-refractivity contribution is 7.99. The number of aryl methyl sites for hydroxylation is 1. The fraction of sp³-hybridized carbons (Fsp3) is 0.429. The molecule has 1 amide bonds. The van der Waals surface area contributed by atoms with Gasteiger partial charge in [0, 0.05) is 12.2 Å². The number of nitrogens with one attached hydrogen (secondary N) is 1. The molecule has 2 N–H and O–H groups in total. The summed E-state index contributed by atoms with van der Waals surface area (Å²) in [4.78, 5) is 23.2. The van der Waals surface area contributed by atoms with Gasteiger partial charge in [0.2, 0.25) is 5.91 Å². The summed E-state index contributed by atoms with van der Waals surface area (Å²) in [7, 11) is 0. The van der Waals surface area contributed by atoms with Crippen molar-refractivity contribution < 1.29 is 19.1 Å². The van der Waals surface area contributed by atoms with E-state index in [1.54, 1.807) is 12.1 Å². The highest BCUT2D eigenvalue weighted by Gasteiger charge is 2.43. The van der Waals surface area contributed by atoms with Gasteiger partial charge in [-0.25, -0.2) is 9.18 Å². The number of carboxylic acids is 1. The molecule has 1 atom stereocenters. The number of carboxylic acid groups (broad SMARTS) is 1. The number of hydrogen-bond acceptors (Lipinski definition) is 3. The van der Waals surface area contributed by atoms with E-state index in [9.17, 15) is 19.1 Å². The number of rotatable bonds is 5. The summed E-state index contributed by atoms with van der Waals surface area (Å²) in [6, 6.07) is 5.95. The quantitative estimate of drug-likeness (QED) is 0.870. The number of hydrogen-bond donors (Lipinski definition) is 2. The van der Waals surface area contributed by atoms with E-state index in [1.165, 1.54) is 23.9 Å². The van der Waals surface area contributed by atoms with Gasteiger partial charge in [-0.2, -0.15) is 11.8 Å². The van der Waals surface area contributed by atoms with E-state index < -0.39 is 11.5 Å². The zero-order valence-corrected chi connectivity index (χ0v) is 11.7. The number of aliphatic carboxylic acids is 1. The van der Waals surface area contributed by atoms with Crippen LogP contribution in [0.4, 0.5) is 4.39 Å². The maximum absolute atomic E-state index is 12.7. The predicted molar refractivity (Wildman–Crippen MR) is 75.2 cm³/mol. The Morgan fingerprint density at radius 1 is 1.35 bits per heavy atom. The Kier molecular flexibility index (Phi) is 4.65. The van der Waals surface area contributed by atoms with Gasteiger partial charge in [-0.05, 0) is 36.3 Å². The van der Waals surface area contributed by atoms with E-state index in [0.29, 0.717) is 18.6 Å². The largest absolute Gasteiger partial charge is 0.479 e. The third kappa shape index (κ3) is 3.50. The molecule has 20 heavy (non-hydrogen) atoms. The number of carbonyl (C=O) groups excluding carboxylic acids is 1. The number of amides is 1. The molecule has 1 aromatic carbocycles. The Hall–Kier alpha value is -1.56. The molecule has 1 fully saturated rings. The van der Waals surface area contributed by atoms with Gasteiger partial charge in [0.05, 0.1) is 0 Å². The topological polar surface area (TPSA) is 66.4 Å². The standard InChI is InChI=1S/C14H16FNO3S/c15-11-4-1-10(2-5-11)3-6-12(17)16-14(13(18)19)7-8-20-9-14/h1-2,4-5H,3,6-9H2,(H,16,17)(H,18,19). The number of benzene rings is 1. The Balaban J connectivity index is 1.89. The minimum absolute atomic E-state index is 0.200. The normalized spacial score (nSPS) is 21.6. The second-order valence-electron chi connectivity index (χ2n) is 4.86. The highest BCUT2D eigenvalue weighted by Crippen LogP contribution is 2.28. The van der Waals surface area contributed by atoms with E-state index >= 15 is 0 Å². The zero-order chi connectivity index (χ0) is 14.6. The molecule has 1 aliphatic rings. The van der Waals surface area contributed by atoms with E-state index in [1.807, 2.05) is 0 Å². The van der Waals surface area contributed by atoms with Crippen molar-refractivity contribution in [2.45, 2.75) is 24.8 Å². The van der Waals surface area contributed by atoms with Crippen molar-refractivity contribution in [2.24, 2.45) is 0 Å². The number of thioether (sulfide) groups is 1. The first-order chi connectivity index (χ1) is 9.52. The third-order valence-electron chi connectivity index (χ3n) is 3.36. The van der Waals surface area contributed by atoms with Crippen molar-refractivity contribution in [3.05, 3.63) is 35.6 Å². The van der Waals surface area contributed by atoms with Crippen LogP contribution in [0.1, 0.15) is 18.4 Å². The number of carbonyl (C=O) groups is 2. The minimum atomic E-state index is -1.12. The highest BCUT2D eigenvalue weighted by atomic mass is 32.2. The van der Waals surface area contributed by atoms with Gasteiger partial charge in [0.25, 0.3) is 0 Å². The fourth-order valence-corrected chi connectivity index (χ4v) is 3.45. The second kappa shape index (κ2) is 6.26. The molecular weight excluding hydrogens is 281 g/mol. The Morgan fingerprint density at radius 3 is 2.60 bits per heavy atom. The third-order valence-corrected chi connectivity index (χ3v) is 4.55. The molecule has 0 spiro atoms. The molecule has 1 unspecified atom stereocenters. The molecule has 0 saturated carbocycles. The Bertz CT molecular complexity index is 498. The van der Waals surface area contributed by atoms with Crippen LogP contribution in [0.3, 0.4) is 0 Å². The smallest absolute Gasteiger partial charge is 0.330 e. The molecule has 4 nitrogen and oxygen atoms in total. The molecule has 6 heteroatoms. The Morgan fingerprint density at radius 2 is 2.05 bits per heavy atom. The van der Waals surface area contributed by atoms with Gasteiger partial charge in [-0.3, -0.25) is 4.79 Å². The molecule has 1 aliphatic heterocycles. The summed E-state index contributed by atoms with van der Waals surface area (Å²) in [5.41, 5.74) is -0.267. The van der Waals surface area contributed by atoms with Crippen LogP contribution in [0.15, 0.2) is 24.3 Å². The van der Waals surface area contributed by atoms with Gasteiger partial charge in [0.1, 0.15) is 11.4 Å². The van der Waals surface area contributed by atoms with Gasteiger partial charge >= 0.3 is 5.97 Å². The van der Waals surface area contributed by atoms with Crippen molar-refractivity contribution in [2.75, 3.05) is 11.5 Å². The van der Waals surface area contributed by atoms with Crippen molar-refractivity contribution in [3.8, 4) is 0 Å². The first-order valence-electron chi connectivity index (χ1n) is 6.38. The van der Waals surface area contributed by atoms with Crippen LogP contribution < -0.4 is 5.32 Å². The summed E-state index contributed by atoms with van der Waals surface area (Å²) >= 11 is 1.53. The van der Waals surface area contributed by atoms with E-state index in [2.05, 4.69) is 5.32 Å². The maximum atomic E-state index is 12.7. The summed E-state index contributed by atoms with van der Waals surface area (Å²) < 4.78 is 12.7. The molecule has 1 heterocycles. The average Bonchev–Trinajstić information content (AvgIpc) is 2.88. The fourth-order valence-electron chi connectivity index (χ4n) is 2.12. The van der Waals surface area contributed by atoms with Gasteiger partial charge in [0.15, 0.2) is 0 Å². The lowest BCUT2D eigenvalue weighted by atomic mass is 9.98. The van der Waals surface area contributed by atoms with Crippen LogP contribution in [0, 0.1) is 5.82 Å². The lowest BCUT2D eigenvalue weighted by molar-refractivity contribution is -0.146. The van der Waals surface area contributed by atoms with E-state index in [4.69, 9.17) is 0 Å². The van der Waals surface area contributed by atoms with E-state index in [-0.39, 0.29) is 18.1 Å². The van der Waals surface area contributed by atoms with Crippen LogP contribution in [0.25, 0.3) is 0 Å². The SMILES string of the molecule is O=C(CCc1ccc(F)cc1)NC1(C(=O)O)CCSC1. The maximum Gasteiger partial charge on any atom is 0.330 e. The average molecular weight is 297 g/mol. The van der Waals surface area contributed by atoms with Crippen molar-refractivity contribution in [1.29, 1.82) is 0 Å². The summed E-state index contributed by atoms with van der Waals surface area (Å²) in [6.45, 7) is 0.